The van der Waals surface area contributed by atoms with Gasteiger partial charge in [-0.1, -0.05) is 0 Å². The van der Waals surface area contributed by atoms with E-state index in [-0.39, 0.29) is 0 Å². The highest BCUT2D eigenvalue weighted by atomic mass is 33.1. The molecule has 0 atom stereocenters. The molecule has 0 aliphatic rings. The summed E-state index contributed by atoms with van der Waals surface area (Å²) in [5.74, 6) is 0.453. The molecule has 0 spiro atoms. The van der Waals surface area contributed by atoms with Crippen molar-refractivity contribution in [2.24, 2.45) is 0 Å². The molecule has 0 rings (SSSR count). The summed E-state index contributed by atoms with van der Waals surface area (Å²) in [5, 5.41) is 0. The molecular formula is C6H16NO3S2+. The zero-order valence-corrected chi connectivity index (χ0v) is 9.28. The fraction of sp³-hybridized carbons (Fsp3) is 1.00. The first-order valence-electron chi connectivity index (χ1n) is 3.63. The van der Waals surface area contributed by atoms with E-state index in [0.29, 0.717) is 16.5 Å². The lowest BCUT2D eigenvalue weighted by Crippen LogP contribution is -2.35. The zero-order valence-electron chi connectivity index (χ0n) is 7.65. The second kappa shape index (κ2) is 4.45. The van der Waals surface area contributed by atoms with Gasteiger partial charge in [-0.15, -0.1) is 0 Å². The standard InChI is InChI=1S/C6H15NO3S2/c1-7(2,3)5-4-6-11-12(8,9)10/h4-6H2,1-3H3/p+1. The topological polar surface area (TPSA) is 54.4 Å². The Morgan fingerprint density at radius 1 is 1.33 bits per heavy atom. The molecule has 0 heterocycles. The fourth-order valence-corrected chi connectivity index (χ4v) is 2.15. The van der Waals surface area contributed by atoms with Gasteiger partial charge in [0.1, 0.15) is 0 Å². The maximum absolute atomic E-state index is 10.3. The monoisotopic (exact) mass is 214 g/mol. The molecule has 1 N–H and O–H groups in total. The Hall–Kier alpha value is 0.220. The molecule has 0 aliphatic heterocycles. The van der Waals surface area contributed by atoms with Crippen molar-refractivity contribution in [3.05, 3.63) is 0 Å². The van der Waals surface area contributed by atoms with Gasteiger partial charge in [-0.2, -0.15) is 8.42 Å². The van der Waals surface area contributed by atoms with E-state index in [0.717, 1.165) is 17.4 Å². The second-order valence-electron chi connectivity index (χ2n) is 3.62. The molecule has 0 aromatic rings. The van der Waals surface area contributed by atoms with Gasteiger partial charge in [-0.05, 0) is 10.8 Å². The highest BCUT2D eigenvalue weighted by Gasteiger charge is 2.09. The summed E-state index contributed by atoms with van der Waals surface area (Å²) >= 11 is 0. The minimum atomic E-state index is -3.83. The van der Waals surface area contributed by atoms with Crippen LogP contribution in [0.25, 0.3) is 0 Å². The Bertz CT molecular complexity index is 217. The molecule has 0 radical (unpaired) electrons. The third-order valence-electron chi connectivity index (χ3n) is 1.21. The van der Waals surface area contributed by atoms with Crippen molar-refractivity contribution < 1.29 is 17.5 Å². The Morgan fingerprint density at radius 3 is 2.17 bits per heavy atom. The van der Waals surface area contributed by atoms with Crippen LogP contribution in [0.15, 0.2) is 0 Å². The minimum Gasteiger partial charge on any atom is -0.331 e. The van der Waals surface area contributed by atoms with Gasteiger partial charge < -0.3 is 4.48 Å². The second-order valence-corrected chi connectivity index (χ2v) is 7.09. The zero-order chi connectivity index (χ0) is 9.83. The number of rotatable bonds is 5. The van der Waals surface area contributed by atoms with E-state index in [9.17, 15) is 8.42 Å². The van der Waals surface area contributed by atoms with E-state index < -0.39 is 9.15 Å². The first-order valence-corrected chi connectivity index (χ1v) is 6.57. The molecule has 0 aliphatic carbocycles. The molecule has 0 aromatic carbocycles. The smallest absolute Gasteiger partial charge is 0.319 e. The van der Waals surface area contributed by atoms with Crippen molar-refractivity contribution >= 4 is 19.9 Å². The van der Waals surface area contributed by atoms with Gasteiger partial charge in [0.2, 0.25) is 0 Å². The molecule has 0 aromatic heterocycles. The van der Waals surface area contributed by atoms with Crippen molar-refractivity contribution in [3.8, 4) is 0 Å². The molecule has 0 fully saturated rings. The van der Waals surface area contributed by atoms with Crippen molar-refractivity contribution in [3.63, 3.8) is 0 Å². The Morgan fingerprint density at radius 2 is 1.83 bits per heavy atom. The van der Waals surface area contributed by atoms with Crippen LogP contribution in [0.2, 0.25) is 0 Å². The minimum absolute atomic E-state index is 0.453. The van der Waals surface area contributed by atoms with E-state index >= 15 is 0 Å². The van der Waals surface area contributed by atoms with Gasteiger partial charge >= 0.3 is 9.15 Å². The van der Waals surface area contributed by atoms with Crippen LogP contribution in [0.1, 0.15) is 6.42 Å². The predicted molar refractivity (Wildman–Crippen MR) is 51.5 cm³/mol. The molecule has 12 heavy (non-hydrogen) atoms. The van der Waals surface area contributed by atoms with Gasteiger partial charge in [0, 0.05) is 12.2 Å². The normalized spacial score (nSPS) is 13.3. The molecule has 0 saturated heterocycles. The summed E-state index contributed by atoms with van der Waals surface area (Å²) in [6, 6.07) is 0. The molecular weight excluding hydrogens is 198 g/mol. The quantitative estimate of drug-likeness (QED) is 0.315. The SMILES string of the molecule is C[N+](C)(C)CCCSS(=O)(=O)O. The average molecular weight is 214 g/mol. The number of nitrogens with zero attached hydrogens (tertiary/aromatic N) is 1. The van der Waals surface area contributed by atoms with E-state index in [1.165, 1.54) is 0 Å². The van der Waals surface area contributed by atoms with Crippen molar-refractivity contribution in [1.82, 2.24) is 0 Å². The third-order valence-corrected chi connectivity index (χ3v) is 3.35. The molecule has 0 amide bonds. The van der Waals surface area contributed by atoms with Crippen LogP contribution in [0, 0.1) is 0 Å². The van der Waals surface area contributed by atoms with E-state index in [4.69, 9.17) is 4.55 Å². The summed E-state index contributed by atoms with van der Waals surface area (Å²) in [6.45, 7) is 0.905. The Labute approximate surface area is 77.7 Å². The maximum atomic E-state index is 10.3. The van der Waals surface area contributed by atoms with Crippen molar-refractivity contribution in [2.45, 2.75) is 6.42 Å². The molecule has 74 valence electrons. The predicted octanol–water partition coefficient (Wildman–Crippen LogP) is 0.619. The van der Waals surface area contributed by atoms with Crippen molar-refractivity contribution in [1.29, 1.82) is 0 Å². The summed E-state index contributed by atoms with van der Waals surface area (Å²) < 4.78 is 29.7. The first-order chi connectivity index (χ1) is 5.21. The fourth-order valence-electron chi connectivity index (χ4n) is 0.703. The van der Waals surface area contributed by atoms with Crippen LogP contribution in [-0.2, 0) is 9.15 Å². The van der Waals surface area contributed by atoms with Crippen LogP contribution in [0.4, 0.5) is 0 Å². The van der Waals surface area contributed by atoms with Crippen LogP contribution in [0.3, 0.4) is 0 Å². The number of quaternary nitrogens is 1. The van der Waals surface area contributed by atoms with Crippen LogP contribution >= 0.6 is 10.8 Å². The largest absolute Gasteiger partial charge is 0.331 e. The number of hydrogen-bond donors (Lipinski definition) is 1. The lowest BCUT2D eigenvalue weighted by atomic mass is 10.4. The van der Waals surface area contributed by atoms with Crippen LogP contribution in [-0.4, -0.2) is 50.9 Å². The molecule has 0 saturated carbocycles. The average Bonchev–Trinajstić information content (AvgIpc) is 1.76. The highest BCUT2D eigenvalue weighted by molar-refractivity contribution is 8.69. The summed E-state index contributed by atoms with van der Waals surface area (Å²) in [6.07, 6.45) is 0.786. The van der Waals surface area contributed by atoms with Gasteiger partial charge in [0.25, 0.3) is 0 Å². The van der Waals surface area contributed by atoms with E-state index in [2.05, 4.69) is 0 Å². The van der Waals surface area contributed by atoms with Crippen LogP contribution < -0.4 is 0 Å². The molecule has 0 bridgehead atoms. The van der Waals surface area contributed by atoms with Gasteiger partial charge in [0.15, 0.2) is 0 Å². The maximum Gasteiger partial charge on any atom is 0.319 e. The highest BCUT2D eigenvalue weighted by Crippen LogP contribution is 2.10. The Balaban J connectivity index is 3.48. The number of hydrogen-bond acceptors (Lipinski definition) is 3. The molecule has 0 unspecified atom stereocenters. The molecule has 6 heteroatoms. The van der Waals surface area contributed by atoms with Crippen LogP contribution in [0.5, 0.6) is 0 Å². The van der Waals surface area contributed by atoms with Gasteiger partial charge in [0.05, 0.1) is 27.7 Å². The lowest BCUT2D eigenvalue weighted by Gasteiger charge is -2.23. The Kier molecular flexibility index (Phi) is 4.54. The molecule has 4 nitrogen and oxygen atoms in total. The summed E-state index contributed by atoms with van der Waals surface area (Å²) in [7, 11) is 2.88. The first kappa shape index (κ1) is 12.2. The van der Waals surface area contributed by atoms with Crippen molar-refractivity contribution in [2.75, 3.05) is 33.4 Å². The summed E-state index contributed by atoms with van der Waals surface area (Å²) in [4.78, 5) is 0. The van der Waals surface area contributed by atoms with E-state index in [1.54, 1.807) is 0 Å². The lowest BCUT2D eigenvalue weighted by molar-refractivity contribution is -0.870. The summed E-state index contributed by atoms with van der Waals surface area (Å²) in [5.41, 5.74) is 0. The van der Waals surface area contributed by atoms with Gasteiger partial charge in [-0.25, -0.2) is 0 Å². The van der Waals surface area contributed by atoms with E-state index in [1.807, 2.05) is 21.1 Å². The third kappa shape index (κ3) is 10.2. The van der Waals surface area contributed by atoms with Gasteiger partial charge in [-0.3, -0.25) is 4.55 Å².